The Morgan fingerprint density at radius 2 is 1.85 bits per heavy atom. The fourth-order valence-corrected chi connectivity index (χ4v) is 3.94. The van der Waals surface area contributed by atoms with Crippen molar-refractivity contribution in [2.45, 2.75) is 19.0 Å². The molecule has 0 amide bonds. The zero-order valence-electron chi connectivity index (χ0n) is 15.6. The number of pyridine rings is 1. The van der Waals surface area contributed by atoms with Gasteiger partial charge in [-0.25, -0.2) is 0 Å². The number of thiocarbonyl (C=S) groups is 1. The van der Waals surface area contributed by atoms with E-state index in [1.165, 1.54) is 11.4 Å². The normalized spacial score (nSPS) is 19.2. The summed E-state index contributed by atoms with van der Waals surface area (Å²) in [6.45, 7) is 2.12. The van der Waals surface area contributed by atoms with Crippen molar-refractivity contribution in [1.29, 1.82) is 0 Å². The highest BCUT2D eigenvalue weighted by Crippen LogP contribution is 2.39. The van der Waals surface area contributed by atoms with Crippen molar-refractivity contribution < 1.29 is 4.74 Å². The zero-order chi connectivity index (χ0) is 19.0. The molecule has 0 radical (unpaired) electrons. The van der Waals surface area contributed by atoms with Gasteiger partial charge in [-0.2, -0.15) is 0 Å². The van der Waals surface area contributed by atoms with E-state index in [0.29, 0.717) is 0 Å². The monoisotopic (exact) mass is 378 g/mol. The SMILES string of the molecule is COc1ccc(-n2c(C)ccc2[C@H]2[C@@H](c3ccccn3)NC(=S)N2C)cc1. The summed E-state index contributed by atoms with van der Waals surface area (Å²) in [5, 5.41) is 4.17. The van der Waals surface area contributed by atoms with Crippen LogP contribution in [-0.4, -0.2) is 33.7 Å². The van der Waals surface area contributed by atoms with Gasteiger partial charge in [0.25, 0.3) is 0 Å². The Labute approximate surface area is 164 Å². The lowest BCUT2D eigenvalue weighted by molar-refractivity contribution is 0.356. The maximum absolute atomic E-state index is 5.56. The highest BCUT2D eigenvalue weighted by molar-refractivity contribution is 7.80. The molecule has 27 heavy (non-hydrogen) atoms. The Morgan fingerprint density at radius 3 is 2.52 bits per heavy atom. The molecule has 0 aliphatic carbocycles. The average Bonchev–Trinajstić information content (AvgIpc) is 3.22. The zero-order valence-corrected chi connectivity index (χ0v) is 16.4. The maximum atomic E-state index is 5.56. The molecule has 138 valence electrons. The van der Waals surface area contributed by atoms with E-state index in [1.54, 1.807) is 7.11 Å². The number of benzene rings is 1. The number of hydrogen-bond acceptors (Lipinski definition) is 3. The van der Waals surface area contributed by atoms with Gasteiger partial charge in [0, 0.05) is 30.3 Å². The third kappa shape index (κ3) is 3.06. The summed E-state index contributed by atoms with van der Waals surface area (Å²) in [5.41, 5.74) is 4.41. The van der Waals surface area contributed by atoms with Crippen molar-refractivity contribution in [2.75, 3.05) is 14.2 Å². The van der Waals surface area contributed by atoms with Crippen molar-refractivity contribution in [3.63, 3.8) is 0 Å². The number of methoxy groups -OCH3 is 1. The van der Waals surface area contributed by atoms with Crippen LogP contribution < -0.4 is 10.1 Å². The van der Waals surface area contributed by atoms with Crippen LogP contribution in [0.5, 0.6) is 5.75 Å². The summed E-state index contributed by atoms with van der Waals surface area (Å²) in [5.74, 6) is 0.845. The molecule has 1 N–H and O–H groups in total. The van der Waals surface area contributed by atoms with E-state index in [2.05, 4.69) is 51.0 Å². The van der Waals surface area contributed by atoms with Gasteiger partial charge in [-0.1, -0.05) is 6.07 Å². The Hall–Kier alpha value is -2.86. The Morgan fingerprint density at radius 1 is 1.07 bits per heavy atom. The van der Waals surface area contributed by atoms with Gasteiger partial charge in [0.05, 0.1) is 24.9 Å². The van der Waals surface area contributed by atoms with Crippen molar-refractivity contribution in [1.82, 2.24) is 19.8 Å². The first-order valence-electron chi connectivity index (χ1n) is 8.87. The molecule has 1 fully saturated rings. The number of aryl methyl sites for hydroxylation is 1. The van der Waals surface area contributed by atoms with Gasteiger partial charge >= 0.3 is 0 Å². The molecule has 3 aromatic rings. The van der Waals surface area contributed by atoms with Crippen LogP contribution in [0.2, 0.25) is 0 Å². The molecule has 4 rings (SSSR count). The minimum absolute atomic E-state index is 0.00463. The Bertz CT molecular complexity index is 952. The van der Waals surface area contributed by atoms with Crippen LogP contribution in [0.4, 0.5) is 0 Å². The molecule has 2 atom stereocenters. The summed E-state index contributed by atoms with van der Waals surface area (Å²) >= 11 is 5.56. The quantitative estimate of drug-likeness (QED) is 0.700. The molecular formula is C21H22N4OS. The smallest absolute Gasteiger partial charge is 0.169 e. The molecule has 2 aromatic heterocycles. The summed E-state index contributed by atoms with van der Waals surface area (Å²) in [6.07, 6.45) is 1.82. The number of nitrogens with one attached hydrogen (secondary N) is 1. The van der Waals surface area contributed by atoms with Crippen LogP contribution in [0.15, 0.2) is 60.8 Å². The number of rotatable bonds is 4. The standard InChI is InChI=1S/C21H22N4OS/c1-14-7-12-18(25(14)15-8-10-16(26-3)11-9-15)20-19(23-21(27)24(20)2)17-6-4-5-13-22-17/h4-13,19-20H,1-3H3,(H,23,27)/t19-,20+/m1/s1. The molecule has 5 nitrogen and oxygen atoms in total. The van der Waals surface area contributed by atoms with Gasteiger partial charge in [-0.15, -0.1) is 0 Å². The fourth-order valence-electron chi connectivity index (χ4n) is 3.70. The predicted molar refractivity (Wildman–Crippen MR) is 110 cm³/mol. The van der Waals surface area contributed by atoms with Crippen LogP contribution in [0.1, 0.15) is 29.2 Å². The average molecular weight is 379 g/mol. The van der Waals surface area contributed by atoms with Gasteiger partial charge in [0.15, 0.2) is 5.11 Å². The number of aromatic nitrogens is 2. The Balaban J connectivity index is 1.81. The topological polar surface area (TPSA) is 42.3 Å². The summed E-state index contributed by atoms with van der Waals surface area (Å²) in [7, 11) is 3.71. The second-order valence-electron chi connectivity index (χ2n) is 6.67. The lowest BCUT2D eigenvalue weighted by Gasteiger charge is -2.26. The van der Waals surface area contributed by atoms with E-state index in [1.807, 2.05) is 43.6 Å². The van der Waals surface area contributed by atoms with Crippen LogP contribution in [-0.2, 0) is 0 Å². The van der Waals surface area contributed by atoms with Gasteiger partial charge in [-0.05, 0) is 67.7 Å². The number of nitrogens with zero attached hydrogens (tertiary/aromatic N) is 3. The van der Waals surface area contributed by atoms with Crippen molar-refractivity contribution in [2.24, 2.45) is 0 Å². The van der Waals surface area contributed by atoms with E-state index >= 15 is 0 Å². The van der Waals surface area contributed by atoms with Crippen LogP contribution in [0.25, 0.3) is 5.69 Å². The predicted octanol–water partition coefficient (Wildman–Crippen LogP) is 3.79. The molecule has 0 unspecified atom stereocenters. The minimum Gasteiger partial charge on any atom is -0.497 e. The van der Waals surface area contributed by atoms with Gasteiger partial charge in [0.2, 0.25) is 0 Å². The minimum atomic E-state index is -0.00463. The molecule has 0 bridgehead atoms. The molecule has 3 heterocycles. The highest BCUT2D eigenvalue weighted by atomic mass is 32.1. The van der Waals surface area contributed by atoms with Crippen molar-refractivity contribution in [3.8, 4) is 11.4 Å². The number of hydrogen-bond donors (Lipinski definition) is 1. The largest absolute Gasteiger partial charge is 0.497 e. The number of likely N-dealkylation sites (N-methyl/N-ethyl adjacent to an activating group) is 1. The van der Waals surface area contributed by atoms with E-state index < -0.39 is 0 Å². The lowest BCUT2D eigenvalue weighted by Crippen LogP contribution is -2.26. The molecule has 0 spiro atoms. The molecule has 0 saturated carbocycles. The number of ether oxygens (including phenoxy) is 1. The first-order chi connectivity index (χ1) is 13.1. The molecule has 1 aromatic carbocycles. The fraction of sp³-hybridized carbons (Fsp3) is 0.238. The van der Waals surface area contributed by atoms with Crippen molar-refractivity contribution >= 4 is 17.3 Å². The summed E-state index contributed by atoms with van der Waals surface area (Å²) in [4.78, 5) is 6.68. The maximum Gasteiger partial charge on any atom is 0.169 e. The lowest BCUT2D eigenvalue weighted by atomic mass is 10.0. The molecule has 1 saturated heterocycles. The van der Waals surface area contributed by atoms with Gasteiger partial charge < -0.3 is 19.5 Å². The van der Waals surface area contributed by atoms with Gasteiger partial charge in [-0.3, -0.25) is 4.98 Å². The van der Waals surface area contributed by atoms with E-state index in [0.717, 1.165) is 22.2 Å². The second-order valence-corrected chi connectivity index (χ2v) is 7.06. The third-order valence-corrected chi connectivity index (χ3v) is 5.48. The van der Waals surface area contributed by atoms with E-state index in [4.69, 9.17) is 17.0 Å². The van der Waals surface area contributed by atoms with E-state index in [-0.39, 0.29) is 12.1 Å². The molecular weight excluding hydrogens is 356 g/mol. The summed E-state index contributed by atoms with van der Waals surface area (Å²) < 4.78 is 7.57. The molecule has 1 aliphatic rings. The van der Waals surface area contributed by atoms with Crippen LogP contribution in [0, 0.1) is 6.92 Å². The van der Waals surface area contributed by atoms with Crippen LogP contribution in [0.3, 0.4) is 0 Å². The Kier molecular flexibility index (Phi) is 4.58. The second kappa shape index (κ2) is 7.04. The first kappa shape index (κ1) is 17.5. The molecule has 6 heteroatoms. The highest BCUT2D eigenvalue weighted by Gasteiger charge is 2.39. The summed E-state index contributed by atoms with van der Waals surface area (Å²) in [6, 6.07) is 18.5. The van der Waals surface area contributed by atoms with Gasteiger partial charge in [0.1, 0.15) is 5.75 Å². The van der Waals surface area contributed by atoms with Crippen molar-refractivity contribution in [3.05, 3.63) is 77.9 Å². The van der Waals surface area contributed by atoms with E-state index in [9.17, 15) is 0 Å². The molecule has 1 aliphatic heterocycles. The first-order valence-corrected chi connectivity index (χ1v) is 9.28. The third-order valence-electron chi connectivity index (χ3n) is 5.08. The van der Waals surface area contributed by atoms with Crippen LogP contribution >= 0.6 is 12.2 Å².